The van der Waals surface area contributed by atoms with E-state index in [2.05, 4.69) is 23.7 Å². The fraction of sp³-hybridized carbons (Fsp3) is 0.615. The van der Waals surface area contributed by atoms with E-state index >= 15 is 0 Å². The maximum absolute atomic E-state index is 9.39. The van der Waals surface area contributed by atoms with Gasteiger partial charge in [0.2, 0.25) is 0 Å². The second kappa shape index (κ2) is 6.57. The highest BCUT2D eigenvalue weighted by molar-refractivity contribution is 5.45. The fourth-order valence-electron chi connectivity index (χ4n) is 1.74. The van der Waals surface area contributed by atoms with Crippen LogP contribution in [0.1, 0.15) is 39.0 Å². The molecule has 0 bridgehead atoms. The van der Waals surface area contributed by atoms with Gasteiger partial charge < -0.3 is 15.1 Å². The molecule has 1 aromatic heterocycles. The first-order valence-corrected chi connectivity index (χ1v) is 6.07. The van der Waals surface area contributed by atoms with E-state index < -0.39 is 6.10 Å². The first-order chi connectivity index (χ1) is 8.06. The Morgan fingerprint density at radius 2 is 2.00 bits per heavy atom. The largest absolute Gasteiger partial charge is 0.396 e. The zero-order chi connectivity index (χ0) is 12.8. The van der Waals surface area contributed by atoms with E-state index in [1.165, 1.54) is 0 Å². The predicted octanol–water partition coefficient (Wildman–Crippen LogP) is 1.73. The van der Waals surface area contributed by atoms with Crippen LogP contribution in [0.5, 0.6) is 0 Å². The number of aromatic nitrogens is 1. The molecule has 17 heavy (non-hydrogen) atoms. The van der Waals surface area contributed by atoms with Crippen molar-refractivity contribution >= 4 is 5.69 Å². The van der Waals surface area contributed by atoms with Crippen LogP contribution in [-0.2, 0) is 0 Å². The number of rotatable bonds is 6. The van der Waals surface area contributed by atoms with Crippen LogP contribution in [0.3, 0.4) is 0 Å². The second-order valence-electron chi connectivity index (χ2n) is 4.48. The standard InChI is InChI=1S/C13H22N2O2/c1-10(2)15(7-4-8-16)12-5-6-13(11(3)17)14-9-12/h5-6,9-11,16-17H,4,7-8H2,1-3H3/t11-/m0/s1. The molecule has 4 heteroatoms. The Labute approximate surface area is 103 Å². The van der Waals surface area contributed by atoms with E-state index in [-0.39, 0.29) is 6.61 Å². The molecule has 0 spiro atoms. The molecule has 0 aliphatic rings. The molecule has 1 atom stereocenters. The summed E-state index contributed by atoms with van der Waals surface area (Å²) in [6, 6.07) is 4.17. The Bertz CT molecular complexity index is 323. The summed E-state index contributed by atoms with van der Waals surface area (Å²) in [5.74, 6) is 0. The van der Waals surface area contributed by atoms with Crippen LogP contribution in [0.2, 0.25) is 0 Å². The van der Waals surface area contributed by atoms with Crippen molar-refractivity contribution < 1.29 is 10.2 Å². The average Bonchev–Trinajstić information content (AvgIpc) is 2.29. The van der Waals surface area contributed by atoms with E-state index in [9.17, 15) is 5.11 Å². The molecule has 1 aromatic rings. The van der Waals surface area contributed by atoms with Crippen molar-refractivity contribution in [1.82, 2.24) is 4.98 Å². The fourth-order valence-corrected chi connectivity index (χ4v) is 1.74. The van der Waals surface area contributed by atoms with Crippen LogP contribution < -0.4 is 4.90 Å². The summed E-state index contributed by atoms with van der Waals surface area (Å²) < 4.78 is 0. The van der Waals surface area contributed by atoms with Crippen molar-refractivity contribution in [2.24, 2.45) is 0 Å². The lowest BCUT2D eigenvalue weighted by atomic mass is 10.2. The highest BCUT2D eigenvalue weighted by Gasteiger charge is 2.11. The minimum Gasteiger partial charge on any atom is -0.396 e. The molecule has 1 heterocycles. The normalized spacial score (nSPS) is 12.8. The Kier molecular flexibility index (Phi) is 5.38. The third-order valence-electron chi connectivity index (χ3n) is 2.71. The molecule has 0 radical (unpaired) electrons. The molecular formula is C13H22N2O2. The first kappa shape index (κ1) is 13.9. The van der Waals surface area contributed by atoms with E-state index in [0.29, 0.717) is 11.7 Å². The van der Waals surface area contributed by atoms with Gasteiger partial charge in [-0.3, -0.25) is 4.98 Å². The molecule has 2 N–H and O–H groups in total. The Balaban J connectivity index is 2.80. The van der Waals surface area contributed by atoms with E-state index in [4.69, 9.17) is 5.11 Å². The topological polar surface area (TPSA) is 56.6 Å². The van der Waals surface area contributed by atoms with Gasteiger partial charge in [0, 0.05) is 19.2 Å². The number of aliphatic hydroxyl groups is 2. The van der Waals surface area contributed by atoms with Crippen molar-refractivity contribution in [3.8, 4) is 0 Å². The molecule has 0 unspecified atom stereocenters. The molecule has 96 valence electrons. The van der Waals surface area contributed by atoms with Gasteiger partial charge in [0.1, 0.15) is 0 Å². The summed E-state index contributed by atoms with van der Waals surface area (Å²) in [5, 5.41) is 18.3. The number of hydrogen-bond donors (Lipinski definition) is 2. The van der Waals surface area contributed by atoms with Gasteiger partial charge in [0.15, 0.2) is 0 Å². The third kappa shape index (κ3) is 3.98. The van der Waals surface area contributed by atoms with E-state index in [1.807, 2.05) is 12.1 Å². The maximum Gasteiger partial charge on any atom is 0.0931 e. The summed E-state index contributed by atoms with van der Waals surface area (Å²) in [7, 11) is 0. The average molecular weight is 238 g/mol. The maximum atomic E-state index is 9.39. The van der Waals surface area contributed by atoms with Crippen LogP contribution in [-0.4, -0.2) is 34.4 Å². The zero-order valence-electron chi connectivity index (χ0n) is 10.8. The Morgan fingerprint density at radius 1 is 1.29 bits per heavy atom. The molecular weight excluding hydrogens is 216 g/mol. The lowest BCUT2D eigenvalue weighted by molar-refractivity contribution is 0.194. The number of nitrogens with zero attached hydrogens (tertiary/aromatic N) is 2. The molecule has 1 rings (SSSR count). The van der Waals surface area contributed by atoms with E-state index in [0.717, 1.165) is 18.7 Å². The van der Waals surface area contributed by atoms with Gasteiger partial charge in [0.25, 0.3) is 0 Å². The quantitative estimate of drug-likeness (QED) is 0.792. The Morgan fingerprint density at radius 3 is 2.41 bits per heavy atom. The van der Waals surface area contributed by atoms with Crippen molar-refractivity contribution in [1.29, 1.82) is 0 Å². The van der Waals surface area contributed by atoms with E-state index in [1.54, 1.807) is 13.1 Å². The molecule has 0 aliphatic heterocycles. The van der Waals surface area contributed by atoms with Crippen molar-refractivity contribution in [3.05, 3.63) is 24.0 Å². The van der Waals surface area contributed by atoms with Crippen LogP contribution in [0.15, 0.2) is 18.3 Å². The van der Waals surface area contributed by atoms with Crippen LogP contribution in [0.4, 0.5) is 5.69 Å². The smallest absolute Gasteiger partial charge is 0.0931 e. The van der Waals surface area contributed by atoms with Crippen LogP contribution in [0.25, 0.3) is 0 Å². The Hall–Kier alpha value is -1.13. The van der Waals surface area contributed by atoms with Crippen LogP contribution >= 0.6 is 0 Å². The van der Waals surface area contributed by atoms with Gasteiger partial charge in [0.05, 0.1) is 23.7 Å². The van der Waals surface area contributed by atoms with Gasteiger partial charge in [-0.05, 0) is 39.3 Å². The molecule has 0 fully saturated rings. The number of pyridine rings is 1. The second-order valence-corrected chi connectivity index (χ2v) is 4.48. The molecule has 4 nitrogen and oxygen atoms in total. The molecule has 0 aliphatic carbocycles. The van der Waals surface area contributed by atoms with Crippen molar-refractivity contribution in [2.75, 3.05) is 18.1 Å². The number of hydrogen-bond acceptors (Lipinski definition) is 4. The highest BCUT2D eigenvalue weighted by atomic mass is 16.3. The highest BCUT2D eigenvalue weighted by Crippen LogP contribution is 2.18. The van der Waals surface area contributed by atoms with Gasteiger partial charge in [-0.15, -0.1) is 0 Å². The lowest BCUT2D eigenvalue weighted by Gasteiger charge is -2.28. The summed E-state index contributed by atoms with van der Waals surface area (Å²) in [6.45, 7) is 6.93. The molecule has 0 amide bonds. The van der Waals surface area contributed by atoms with Gasteiger partial charge >= 0.3 is 0 Å². The van der Waals surface area contributed by atoms with Gasteiger partial charge in [-0.2, -0.15) is 0 Å². The molecule has 0 saturated heterocycles. The van der Waals surface area contributed by atoms with Gasteiger partial charge in [-0.1, -0.05) is 0 Å². The number of aliphatic hydroxyl groups excluding tert-OH is 2. The minimum atomic E-state index is -0.533. The third-order valence-corrected chi connectivity index (χ3v) is 2.71. The summed E-state index contributed by atoms with van der Waals surface area (Å²) >= 11 is 0. The summed E-state index contributed by atoms with van der Waals surface area (Å²) in [6.07, 6.45) is 1.99. The first-order valence-electron chi connectivity index (χ1n) is 6.07. The van der Waals surface area contributed by atoms with Gasteiger partial charge in [-0.25, -0.2) is 0 Å². The molecule has 0 saturated carbocycles. The zero-order valence-corrected chi connectivity index (χ0v) is 10.8. The summed E-state index contributed by atoms with van der Waals surface area (Å²) in [4.78, 5) is 6.42. The minimum absolute atomic E-state index is 0.197. The number of anilines is 1. The van der Waals surface area contributed by atoms with Crippen molar-refractivity contribution in [2.45, 2.75) is 39.3 Å². The summed E-state index contributed by atoms with van der Waals surface area (Å²) in [5.41, 5.74) is 1.71. The lowest BCUT2D eigenvalue weighted by Crippen LogP contribution is -2.32. The monoisotopic (exact) mass is 238 g/mol. The predicted molar refractivity (Wildman–Crippen MR) is 69.1 cm³/mol. The van der Waals surface area contributed by atoms with Crippen LogP contribution in [0, 0.1) is 0 Å². The SMILES string of the molecule is CC(C)N(CCCO)c1ccc([C@H](C)O)nc1. The van der Waals surface area contributed by atoms with Crippen molar-refractivity contribution in [3.63, 3.8) is 0 Å². The molecule has 0 aromatic carbocycles.